The van der Waals surface area contributed by atoms with Crippen molar-refractivity contribution < 1.29 is 0 Å². The minimum absolute atomic E-state index is 1.04. The highest BCUT2D eigenvalue weighted by atomic mass is 15.1. The molecule has 6 aromatic rings. The van der Waals surface area contributed by atoms with E-state index in [1.54, 1.807) is 0 Å². The smallest absolute Gasteiger partial charge is 0.0462 e. The Labute approximate surface area is 328 Å². The van der Waals surface area contributed by atoms with Crippen molar-refractivity contribution in [3.63, 3.8) is 0 Å². The van der Waals surface area contributed by atoms with E-state index in [-0.39, 0.29) is 0 Å². The molecular weight excluding hydrogens is 653 g/mol. The molecule has 0 N–H and O–H groups in total. The summed E-state index contributed by atoms with van der Waals surface area (Å²) < 4.78 is 0. The van der Waals surface area contributed by atoms with Crippen LogP contribution in [0.5, 0.6) is 0 Å². The van der Waals surface area contributed by atoms with Gasteiger partial charge in [-0.3, -0.25) is 0 Å². The molecule has 0 radical (unpaired) electrons. The Morgan fingerprint density at radius 1 is 0.296 bits per heavy atom. The second-order valence-corrected chi connectivity index (χ2v) is 13.3. The molecule has 0 spiro atoms. The van der Waals surface area contributed by atoms with Gasteiger partial charge in [-0.1, -0.05) is 141 Å². The lowest BCUT2D eigenvalue weighted by molar-refractivity contribution is 0.795. The molecule has 0 amide bonds. The summed E-state index contributed by atoms with van der Waals surface area (Å²) in [4.78, 5) is 4.73. The van der Waals surface area contributed by atoms with Gasteiger partial charge in [0.2, 0.25) is 0 Å². The minimum Gasteiger partial charge on any atom is -0.311 e. The van der Waals surface area contributed by atoms with E-state index in [9.17, 15) is 0 Å². The second kappa shape index (κ2) is 22.2. The molecule has 0 fully saturated rings. The molecule has 0 bridgehead atoms. The first-order chi connectivity index (χ1) is 26.6. The van der Waals surface area contributed by atoms with E-state index in [1.165, 1.54) is 81.8 Å². The Kier molecular flexibility index (Phi) is 17.1. The van der Waals surface area contributed by atoms with E-state index in [1.807, 2.05) is 27.7 Å². The van der Waals surface area contributed by atoms with Gasteiger partial charge >= 0.3 is 0 Å². The van der Waals surface area contributed by atoms with Gasteiger partial charge in [0, 0.05) is 34.1 Å². The Morgan fingerprint density at radius 2 is 0.519 bits per heavy atom. The van der Waals surface area contributed by atoms with Crippen LogP contribution in [0.4, 0.5) is 34.1 Å². The molecule has 0 aromatic heterocycles. The third-order valence-electron chi connectivity index (χ3n) is 9.82. The molecule has 282 valence electrons. The molecule has 54 heavy (non-hydrogen) atoms. The second-order valence-electron chi connectivity index (χ2n) is 13.3. The first-order valence-corrected chi connectivity index (χ1v) is 20.8. The molecule has 6 rings (SSSR count). The van der Waals surface area contributed by atoms with Crippen molar-refractivity contribution >= 4 is 34.1 Å². The van der Waals surface area contributed by atoms with Gasteiger partial charge in [0.1, 0.15) is 0 Å². The van der Waals surface area contributed by atoms with Crippen LogP contribution >= 0.6 is 0 Å². The van der Waals surface area contributed by atoms with E-state index in [0.717, 1.165) is 37.1 Å². The fourth-order valence-corrected chi connectivity index (χ4v) is 6.65. The van der Waals surface area contributed by atoms with Crippen LogP contribution in [0.1, 0.15) is 103 Å². The lowest BCUT2D eigenvalue weighted by atomic mass is 10.0. The van der Waals surface area contributed by atoms with Crippen LogP contribution in [0, 0.1) is 0 Å². The highest BCUT2D eigenvalue weighted by molar-refractivity contribution is 5.81. The predicted molar refractivity (Wildman–Crippen MR) is 240 cm³/mol. The van der Waals surface area contributed by atoms with Crippen molar-refractivity contribution in [1.82, 2.24) is 0 Å². The van der Waals surface area contributed by atoms with E-state index in [0.29, 0.717) is 0 Å². The molecule has 6 aromatic carbocycles. The van der Waals surface area contributed by atoms with Gasteiger partial charge in [-0.05, 0) is 145 Å². The molecule has 0 aliphatic carbocycles. The zero-order valence-corrected chi connectivity index (χ0v) is 34.4. The van der Waals surface area contributed by atoms with E-state index < -0.39 is 0 Å². The van der Waals surface area contributed by atoms with Gasteiger partial charge in [0.25, 0.3) is 0 Å². The zero-order chi connectivity index (χ0) is 38.7. The first-order valence-electron chi connectivity index (χ1n) is 20.8. The number of hydrogen-bond donors (Lipinski definition) is 0. The standard InChI is InChI=1S/C48H52N2.2C2H6/c1-5-9-11-39-17-29-45(30-18-39)49(43-25-13-37(7-3)14-26-43)47-33-21-41(22-34-47)42-23-35-48(36-24-42)50(44-27-15-38(8-4)16-28-44)46-31-19-40(20-32-46)12-10-6-2;2*1-2/h13-36H,5-12H2,1-4H3;2*1-2H3. The van der Waals surface area contributed by atoms with Crippen molar-refractivity contribution in [3.8, 4) is 11.1 Å². The summed E-state index contributed by atoms with van der Waals surface area (Å²) in [5.41, 5.74) is 14.9. The van der Waals surface area contributed by atoms with Crippen molar-refractivity contribution in [3.05, 3.63) is 168 Å². The fourth-order valence-electron chi connectivity index (χ4n) is 6.65. The lowest BCUT2D eigenvalue weighted by Crippen LogP contribution is -2.10. The summed E-state index contributed by atoms with van der Waals surface area (Å²) in [5.74, 6) is 0. The van der Waals surface area contributed by atoms with E-state index >= 15 is 0 Å². The summed E-state index contributed by atoms with van der Waals surface area (Å²) >= 11 is 0. The van der Waals surface area contributed by atoms with Crippen LogP contribution in [-0.2, 0) is 25.7 Å². The predicted octanol–water partition coefficient (Wildman–Crippen LogP) is 16.2. The number of aryl methyl sites for hydroxylation is 4. The van der Waals surface area contributed by atoms with Crippen LogP contribution in [-0.4, -0.2) is 0 Å². The highest BCUT2D eigenvalue weighted by Crippen LogP contribution is 2.38. The van der Waals surface area contributed by atoms with Crippen LogP contribution in [0.2, 0.25) is 0 Å². The van der Waals surface area contributed by atoms with Crippen molar-refractivity contribution in [2.24, 2.45) is 0 Å². The van der Waals surface area contributed by atoms with E-state index in [2.05, 4.69) is 183 Å². The summed E-state index contributed by atoms with van der Waals surface area (Å²) in [5, 5.41) is 0. The van der Waals surface area contributed by atoms with Crippen LogP contribution < -0.4 is 9.80 Å². The summed E-state index contributed by atoms with van der Waals surface area (Å²) in [6.07, 6.45) is 9.20. The molecule has 0 aliphatic rings. The van der Waals surface area contributed by atoms with Crippen molar-refractivity contribution in [2.45, 2.75) is 107 Å². The monoisotopic (exact) mass is 717 g/mol. The Morgan fingerprint density at radius 3 is 0.741 bits per heavy atom. The summed E-state index contributed by atoms with van der Waals surface area (Å²) in [7, 11) is 0. The van der Waals surface area contributed by atoms with Gasteiger partial charge in [-0.2, -0.15) is 0 Å². The first kappa shape index (κ1) is 41.7. The number of unbranched alkanes of at least 4 members (excludes halogenated alkanes) is 2. The average molecular weight is 717 g/mol. The number of anilines is 6. The number of nitrogens with zero attached hydrogens (tertiary/aromatic N) is 2. The maximum absolute atomic E-state index is 2.37. The van der Waals surface area contributed by atoms with Gasteiger partial charge in [-0.25, -0.2) is 0 Å². The quantitative estimate of drug-likeness (QED) is 0.104. The Balaban J connectivity index is 0.00000157. The fraction of sp³-hybridized carbons (Fsp3) is 0.308. The number of benzene rings is 6. The van der Waals surface area contributed by atoms with E-state index in [4.69, 9.17) is 0 Å². The molecule has 2 heteroatoms. The third kappa shape index (κ3) is 11.0. The zero-order valence-electron chi connectivity index (χ0n) is 34.4. The molecule has 0 atom stereocenters. The van der Waals surface area contributed by atoms with Gasteiger partial charge in [0.15, 0.2) is 0 Å². The molecule has 0 unspecified atom stereocenters. The third-order valence-corrected chi connectivity index (χ3v) is 9.82. The van der Waals surface area contributed by atoms with Crippen LogP contribution in [0.3, 0.4) is 0 Å². The average Bonchev–Trinajstić information content (AvgIpc) is 3.25. The normalized spacial score (nSPS) is 10.4. The maximum Gasteiger partial charge on any atom is 0.0462 e. The van der Waals surface area contributed by atoms with Crippen LogP contribution in [0.15, 0.2) is 146 Å². The number of rotatable bonds is 15. The molecule has 0 saturated heterocycles. The summed E-state index contributed by atoms with van der Waals surface area (Å²) in [6.45, 7) is 16.9. The lowest BCUT2D eigenvalue weighted by Gasteiger charge is -2.26. The topological polar surface area (TPSA) is 6.48 Å². The van der Waals surface area contributed by atoms with Crippen LogP contribution in [0.25, 0.3) is 11.1 Å². The highest BCUT2D eigenvalue weighted by Gasteiger charge is 2.15. The number of hydrogen-bond acceptors (Lipinski definition) is 2. The Hall–Kier alpha value is -5.08. The molecule has 0 heterocycles. The molecule has 2 nitrogen and oxygen atoms in total. The Bertz CT molecular complexity index is 1740. The van der Waals surface area contributed by atoms with Gasteiger partial charge in [-0.15, -0.1) is 0 Å². The van der Waals surface area contributed by atoms with Crippen molar-refractivity contribution in [2.75, 3.05) is 9.80 Å². The SMILES string of the molecule is CC.CC.CCCCc1ccc(N(c2ccc(CC)cc2)c2ccc(-c3ccc(N(c4ccc(CC)cc4)c4ccc(CCCC)cc4)cc3)cc2)cc1. The summed E-state index contributed by atoms with van der Waals surface area (Å²) in [6, 6.07) is 54.2. The van der Waals surface area contributed by atoms with Crippen molar-refractivity contribution in [1.29, 1.82) is 0 Å². The molecular formula is C52H64N2. The largest absolute Gasteiger partial charge is 0.311 e. The molecule has 0 aliphatic heterocycles. The maximum atomic E-state index is 2.37. The molecule has 0 saturated carbocycles. The van der Waals surface area contributed by atoms with Gasteiger partial charge < -0.3 is 9.80 Å². The van der Waals surface area contributed by atoms with Gasteiger partial charge in [0.05, 0.1) is 0 Å². The minimum atomic E-state index is 1.04.